The highest BCUT2D eigenvalue weighted by atomic mass is 32.1. The number of rotatable bonds is 8. The summed E-state index contributed by atoms with van der Waals surface area (Å²) in [4.78, 5) is 12.5. The Hall–Kier alpha value is -1.99. The third kappa shape index (κ3) is 4.75. The van der Waals surface area contributed by atoms with Gasteiger partial charge in [0.25, 0.3) is 0 Å². The van der Waals surface area contributed by atoms with Crippen molar-refractivity contribution in [2.75, 3.05) is 13.2 Å². The zero-order valence-corrected chi connectivity index (χ0v) is 14.0. The van der Waals surface area contributed by atoms with E-state index in [4.69, 9.17) is 14.6 Å². The Morgan fingerprint density at radius 2 is 1.96 bits per heavy atom. The molecule has 0 saturated heterocycles. The standard InChI is InChI=1S/C17H18F2O4S/c1-2-22-16(21)4-3-7-23-17-13(18)8-11(9-14(17)19)15-6-5-12(10-20)24-15/h5-6,8-9,20H,2-4,7,10H2,1H3. The molecule has 0 atom stereocenters. The molecule has 130 valence electrons. The van der Waals surface area contributed by atoms with E-state index in [2.05, 4.69) is 0 Å². The SMILES string of the molecule is CCOC(=O)CCCOc1c(F)cc(-c2ccc(CO)s2)cc1F. The number of benzene rings is 1. The summed E-state index contributed by atoms with van der Waals surface area (Å²) in [7, 11) is 0. The number of aliphatic hydroxyl groups is 1. The number of thiophene rings is 1. The zero-order valence-electron chi connectivity index (χ0n) is 13.2. The van der Waals surface area contributed by atoms with Crippen molar-refractivity contribution in [3.05, 3.63) is 40.8 Å². The summed E-state index contributed by atoms with van der Waals surface area (Å²) in [5.74, 6) is -2.43. The van der Waals surface area contributed by atoms with E-state index >= 15 is 0 Å². The Bertz CT molecular complexity index is 677. The topological polar surface area (TPSA) is 55.8 Å². The van der Waals surface area contributed by atoms with Crippen molar-refractivity contribution >= 4 is 17.3 Å². The molecule has 0 bridgehead atoms. The molecule has 2 rings (SSSR count). The first-order chi connectivity index (χ1) is 11.5. The number of esters is 1. The van der Waals surface area contributed by atoms with Gasteiger partial charge in [0.2, 0.25) is 0 Å². The summed E-state index contributed by atoms with van der Waals surface area (Å²) in [6.45, 7) is 1.90. The summed E-state index contributed by atoms with van der Waals surface area (Å²) >= 11 is 1.26. The lowest BCUT2D eigenvalue weighted by atomic mass is 10.1. The van der Waals surface area contributed by atoms with E-state index in [1.807, 2.05) is 0 Å². The highest BCUT2D eigenvalue weighted by Gasteiger charge is 2.15. The molecule has 2 aromatic rings. The summed E-state index contributed by atoms with van der Waals surface area (Å²) in [5, 5.41) is 9.05. The Morgan fingerprint density at radius 3 is 2.54 bits per heavy atom. The maximum Gasteiger partial charge on any atom is 0.305 e. The van der Waals surface area contributed by atoms with Crippen molar-refractivity contribution in [1.29, 1.82) is 0 Å². The smallest absolute Gasteiger partial charge is 0.305 e. The first-order valence-corrected chi connectivity index (χ1v) is 8.34. The fourth-order valence-corrected chi connectivity index (χ4v) is 2.94. The van der Waals surface area contributed by atoms with Crippen LogP contribution in [0, 0.1) is 11.6 Å². The minimum Gasteiger partial charge on any atom is -0.488 e. The second-order valence-corrected chi connectivity index (χ2v) is 6.12. The molecule has 1 aromatic carbocycles. The molecule has 0 spiro atoms. The average Bonchev–Trinajstić information content (AvgIpc) is 3.02. The van der Waals surface area contributed by atoms with Crippen molar-refractivity contribution < 1.29 is 28.2 Å². The summed E-state index contributed by atoms with van der Waals surface area (Å²) in [6.07, 6.45) is 0.443. The number of ether oxygens (including phenoxy) is 2. The molecule has 0 fully saturated rings. The second kappa shape index (κ2) is 8.75. The van der Waals surface area contributed by atoms with Gasteiger partial charge in [-0.1, -0.05) is 0 Å². The minimum absolute atomic E-state index is 0.0136. The van der Waals surface area contributed by atoms with Crippen LogP contribution in [-0.2, 0) is 16.1 Å². The van der Waals surface area contributed by atoms with E-state index in [0.29, 0.717) is 28.3 Å². The first-order valence-electron chi connectivity index (χ1n) is 7.52. The maximum absolute atomic E-state index is 14.1. The van der Waals surface area contributed by atoms with Crippen molar-refractivity contribution in [2.45, 2.75) is 26.4 Å². The van der Waals surface area contributed by atoms with Gasteiger partial charge in [0.05, 0.1) is 19.8 Å². The lowest BCUT2D eigenvalue weighted by Crippen LogP contribution is -2.08. The van der Waals surface area contributed by atoms with E-state index in [1.54, 1.807) is 19.1 Å². The fraction of sp³-hybridized carbons (Fsp3) is 0.353. The second-order valence-electron chi connectivity index (χ2n) is 4.95. The highest BCUT2D eigenvalue weighted by molar-refractivity contribution is 7.15. The third-order valence-corrected chi connectivity index (χ3v) is 4.30. The molecule has 0 radical (unpaired) electrons. The predicted molar refractivity (Wildman–Crippen MR) is 87.0 cm³/mol. The molecule has 1 heterocycles. The molecule has 7 heteroatoms. The zero-order chi connectivity index (χ0) is 17.5. The Labute approximate surface area is 142 Å². The van der Waals surface area contributed by atoms with Crippen molar-refractivity contribution in [2.24, 2.45) is 0 Å². The molecule has 24 heavy (non-hydrogen) atoms. The van der Waals surface area contributed by atoms with E-state index < -0.39 is 17.4 Å². The number of hydrogen-bond donors (Lipinski definition) is 1. The van der Waals surface area contributed by atoms with Crippen LogP contribution in [0.2, 0.25) is 0 Å². The van der Waals surface area contributed by atoms with Crippen LogP contribution in [0.3, 0.4) is 0 Å². The van der Waals surface area contributed by atoms with Gasteiger partial charge in [-0.2, -0.15) is 0 Å². The monoisotopic (exact) mass is 356 g/mol. The average molecular weight is 356 g/mol. The molecular formula is C17H18F2O4S. The summed E-state index contributed by atoms with van der Waals surface area (Å²) < 4.78 is 38.1. The van der Waals surface area contributed by atoms with Gasteiger partial charge in [-0.15, -0.1) is 11.3 Å². The molecule has 0 aliphatic rings. The van der Waals surface area contributed by atoms with Gasteiger partial charge in [-0.05, 0) is 43.2 Å². The van der Waals surface area contributed by atoms with Crippen LogP contribution in [0.25, 0.3) is 10.4 Å². The molecule has 0 aliphatic heterocycles. The molecule has 0 amide bonds. The Balaban J connectivity index is 2.00. The van der Waals surface area contributed by atoms with E-state index in [0.717, 1.165) is 0 Å². The van der Waals surface area contributed by atoms with Gasteiger partial charge < -0.3 is 14.6 Å². The molecule has 1 aromatic heterocycles. The summed E-state index contributed by atoms with van der Waals surface area (Å²) in [5.41, 5.74) is 0.383. The predicted octanol–water partition coefficient (Wildman–Crippen LogP) is 3.91. The maximum atomic E-state index is 14.1. The van der Waals surface area contributed by atoms with Crippen LogP contribution in [0.4, 0.5) is 8.78 Å². The Morgan fingerprint density at radius 1 is 1.25 bits per heavy atom. The van der Waals surface area contributed by atoms with Crippen LogP contribution < -0.4 is 4.74 Å². The molecule has 1 N–H and O–H groups in total. The number of carbonyl (C=O) groups is 1. The van der Waals surface area contributed by atoms with E-state index in [-0.39, 0.29) is 25.6 Å². The van der Waals surface area contributed by atoms with Gasteiger partial charge in [0.15, 0.2) is 17.4 Å². The van der Waals surface area contributed by atoms with Crippen molar-refractivity contribution in [1.82, 2.24) is 0 Å². The van der Waals surface area contributed by atoms with E-state index in [9.17, 15) is 13.6 Å². The van der Waals surface area contributed by atoms with E-state index in [1.165, 1.54) is 23.5 Å². The third-order valence-electron chi connectivity index (χ3n) is 3.18. The number of aliphatic hydroxyl groups excluding tert-OH is 1. The fourth-order valence-electron chi connectivity index (χ4n) is 2.08. The van der Waals surface area contributed by atoms with Gasteiger partial charge in [0, 0.05) is 16.2 Å². The quantitative estimate of drug-likeness (QED) is 0.576. The minimum atomic E-state index is -0.805. The Kier molecular flexibility index (Phi) is 6.69. The summed E-state index contributed by atoms with van der Waals surface area (Å²) in [6, 6.07) is 5.79. The van der Waals surface area contributed by atoms with Crippen molar-refractivity contribution in [3.8, 4) is 16.2 Å². The van der Waals surface area contributed by atoms with Crippen LogP contribution in [0.1, 0.15) is 24.6 Å². The molecule has 0 aliphatic carbocycles. The van der Waals surface area contributed by atoms with Crippen LogP contribution in [0.5, 0.6) is 5.75 Å². The molecule has 4 nitrogen and oxygen atoms in total. The number of hydrogen-bond acceptors (Lipinski definition) is 5. The van der Waals surface area contributed by atoms with Crippen LogP contribution >= 0.6 is 11.3 Å². The largest absolute Gasteiger partial charge is 0.488 e. The van der Waals surface area contributed by atoms with Crippen molar-refractivity contribution in [3.63, 3.8) is 0 Å². The lowest BCUT2D eigenvalue weighted by molar-refractivity contribution is -0.143. The lowest BCUT2D eigenvalue weighted by Gasteiger charge is -2.09. The van der Waals surface area contributed by atoms with Gasteiger partial charge in [-0.3, -0.25) is 4.79 Å². The normalized spacial score (nSPS) is 10.7. The number of halogens is 2. The van der Waals surface area contributed by atoms with Crippen LogP contribution in [-0.4, -0.2) is 24.3 Å². The first kappa shape index (κ1) is 18.4. The molecule has 0 unspecified atom stereocenters. The molecule has 0 saturated carbocycles. The van der Waals surface area contributed by atoms with Crippen LogP contribution in [0.15, 0.2) is 24.3 Å². The van der Waals surface area contributed by atoms with Gasteiger partial charge in [0.1, 0.15) is 0 Å². The van der Waals surface area contributed by atoms with Gasteiger partial charge >= 0.3 is 5.97 Å². The number of carbonyl (C=O) groups excluding carboxylic acids is 1. The van der Waals surface area contributed by atoms with Gasteiger partial charge in [-0.25, -0.2) is 8.78 Å². The highest BCUT2D eigenvalue weighted by Crippen LogP contribution is 2.33. The molecular weight excluding hydrogens is 338 g/mol.